The van der Waals surface area contributed by atoms with Gasteiger partial charge in [0.15, 0.2) is 0 Å². The predicted octanol–water partition coefficient (Wildman–Crippen LogP) is 0.659. The van der Waals surface area contributed by atoms with Gasteiger partial charge in [0.25, 0.3) is 0 Å². The SMILES string of the molecule is CN1CC(C(C(=O)O)C2CC2)C1. The second-order valence-electron chi connectivity index (χ2n) is 4.18. The Morgan fingerprint density at radius 2 is 2.00 bits per heavy atom. The first-order valence-corrected chi connectivity index (χ1v) is 4.60. The van der Waals surface area contributed by atoms with Crippen LogP contribution in [0.5, 0.6) is 0 Å². The molecule has 1 aliphatic carbocycles. The molecule has 1 unspecified atom stereocenters. The summed E-state index contributed by atoms with van der Waals surface area (Å²) in [4.78, 5) is 13.1. The molecule has 0 aromatic heterocycles. The molecular formula is C9H15NO2. The van der Waals surface area contributed by atoms with Crippen molar-refractivity contribution in [2.75, 3.05) is 20.1 Å². The van der Waals surface area contributed by atoms with Gasteiger partial charge < -0.3 is 10.0 Å². The third kappa shape index (κ3) is 1.33. The lowest BCUT2D eigenvalue weighted by Crippen LogP contribution is -2.49. The van der Waals surface area contributed by atoms with Crippen LogP contribution in [0, 0.1) is 17.8 Å². The monoisotopic (exact) mass is 169 g/mol. The third-order valence-electron chi connectivity index (χ3n) is 3.02. The van der Waals surface area contributed by atoms with Gasteiger partial charge >= 0.3 is 5.97 Å². The molecule has 2 aliphatic rings. The summed E-state index contributed by atoms with van der Waals surface area (Å²) in [6.45, 7) is 1.96. The van der Waals surface area contributed by atoms with E-state index >= 15 is 0 Å². The van der Waals surface area contributed by atoms with E-state index in [-0.39, 0.29) is 5.92 Å². The third-order valence-corrected chi connectivity index (χ3v) is 3.02. The Bertz CT molecular complexity index is 195. The van der Waals surface area contributed by atoms with Gasteiger partial charge in [-0.1, -0.05) is 0 Å². The molecule has 1 N–H and O–H groups in total. The van der Waals surface area contributed by atoms with Gasteiger partial charge in [-0.2, -0.15) is 0 Å². The minimum atomic E-state index is -0.574. The molecule has 1 aliphatic heterocycles. The zero-order chi connectivity index (χ0) is 8.72. The van der Waals surface area contributed by atoms with Crippen LogP contribution < -0.4 is 0 Å². The van der Waals surface area contributed by atoms with E-state index in [1.165, 1.54) is 0 Å². The zero-order valence-corrected chi connectivity index (χ0v) is 7.36. The van der Waals surface area contributed by atoms with Crippen molar-refractivity contribution >= 4 is 5.97 Å². The van der Waals surface area contributed by atoms with E-state index in [2.05, 4.69) is 4.90 Å². The standard InChI is InChI=1S/C9H15NO2/c1-10-4-7(5-10)8(9(11)12)6-2-3-6/h6-8H,2-5H2,1H3,(H,11,12). The summed E-state index contributed by atoms with van der Waals surface area (Å²) in [7, 11) is 2.04. The van der Waals surface area contributed by atoms with Crippen molar-refractivity contribution in [2.45, 2.75) is 12.8 Å². The smallest absolute Gasteiger partial charge is 0.307 e. The van der Waals surface area contributed by atoms with E-state index in [4.69, 9.17) is 5.11 Å². The van der Waals surface area contributed by atoms with Gasteiger partial charge in [-0.15, -0.1) is 0 Å². The van der Waals surface area contributed by atoms with Gasteiger partial charge in [0.2, 0.25) is 0 Å². The van der Waals surface area contributed by atoms with E-state index in [1.807, 2.05) is 7.05 Å². The number of rotatable bonds is 3. The highest BCUT2D eigenvalue weighted by Crippen LogP contribution is 2.42. The zero-order valence-electron chi connectivity index (χ0n) is 7.36. The maximum atomic E-state index is 10.9. The predicted molar refractivity (Wildman–Crippen MR) is 44.8 cm³/mol. The number of hydrogen-bond donors (Lipinski definition) is 1. The molecule has 1 saturated carbocycles. The van der Waals surface area contributed by atoms with Gasteiger partial charge in [-0.25, -0.2) is 0 Å². The maximum Gasteiger partial charge on any atom is 0.307 e. The molecule has 0 aromatic rings. The highest BCUT2D eigenvalue weighted by molar-refractivity contribution is 5.71. The molecule has 12 heavy (non-hydrogen) atoms. The minimum absolute atomic E-state index is 0.0406. The molecular weight excluding hydrogens is 154 g/mol. The molecule has 1 heterocycles. The van der Waals surface area contributed by atoms with Crippen molar-refractivity contribution in [1.82, 2.24) is 4.90 Å². The molecule has 1 saturated heterocycles. The second-order valence-corrected chi connectivity index (χ2v) is 4.18. The molecule has 0 aromatic carbocycles. The van der Waals surface area contributed by atoms with Crippen molar-refractivity contribution in [3.8, 4) is 0 Å². The number of hydrogen-bond acceptors (Lipinski definition) is 2. The molecule has 3 heteroatoms. The van der Waals surface area contributed by atoms with E-state index in [9.17, 15) is 4.79 Å². The molecule has 2 fully saturated rings. The van der Waals surface area contributed by atoms with Gasteiger partial charge in [0.05, 0.1) is 5.92 Å². The Balaban J connectivity index is 1.93. The summed E-state index contributed by atoms with van der Waals surface area (Å²) >= 11 is 0. The summed E-state index contributed by atoms with van der Waals surface area (Å²) in [5.41, 5.74) is 0. The van der Waals surface area contributed by atoms with Crippen molar-refractivity contribution in [3.05, 3.63) is 0 Å². The van der Waals surface area contributed by atoms with Crippen molar-refractivity contribution < 1.29 is 9.90 Å². The van der Waals surface area contributed by atoms with Crippen LogP contribution in [0.1, 0.15) is 12.8 Å². The first kappa shape index (κ1) is 8.05. The summed E-state index contributed by atoms with van der Waals surface area (Å²) < 4.78 is 0. The van der Waals surface area contributed by atoms with Crippen molar-refractivity contribution in [2.24, 2.45) is 17.8 Å². The van der Waals surface area contributed by atoms with E-state index in [0.717, 1.165) is 25.9 Å². The largest absolute Gasteiger partial charge is 0.481 e. The number of nitrogens with zero attached hydrogens (tertiary/aromatic N) is 1. The maximum absolute atomic E-state index is 10.9. The molecule has 2 rings (SSSR count). The quantitative estimate of drug-likeness (QED) is 0.674. The lowest BCUT2D eigenvalue weighted by molar-refractivity contribution is -0.147. The highest BCUT2D eigenvalue weighted by Gasteiger charge is 2.44. The minimum Gasteiger partial charge on any atom is -0.481 e. The first-order chi connectivity index (χ1) is 5.68. The van der Waals surface area contributed by atoms with Crippen LogP contribution in [-0.2, 0) is 4.79 Å². The van der Waals surface area contributed by atoms with E-state index in [1.54, 1.807) is 0 Å². The molecule has 1 atom stereocenters. The average molecular weight is 169 g/mol. The van der Waals surface area contributed by atoms with Gasteiger partial charge in [-0.05, 0) is 31.7 Å². The number of carboxylic acid groups (broad SMARTS) is 1. The van der Waals surface area contributed by atoms with Crippen LogP contribution in [0.3, 0.4) is 0 Å². The second kappa shape index (κ2) is 2.73. The fourth-order valence-corrected chi connectivity index (χ4v) is 2.22. The summed E-state index contributed by atoms with van der Waals surface area (Å²) in [6, 6.07) is 0. The number of likely N-dealkylation sites (tertiary alicyclic amines) is 1. The van der Waals surface area contributed by atoms with Gasteiger partial charge in [0, 0.05) is 13.1 Å². The summed E-state index contributed by atoms with van der Waals surface area (Å²) in [5.74, 6) is 0.318. The van der Waals surface area contributed by atoms with Crippen LogP contribution in [0.4, 0.5) is 0 Å². The molecule has 0 amide bonds. The van der Waals surface area contributed by atoms with Crippen LogP contribution in [0.25, 0.3) is 0 Å². The molecule has 0 radical (unpaired) electrons. The van der Waals surface area contributed by atoms with Crippen LogP contribution in [0.15, 0.2) is 0 Å². The van der Waals surface area contributed by atoms with Gasteiger partial charge in [0.1, 0.15) is 0 Å². The summed E-state index contributed by atoms with van der Waals surface area (Å²) in [5, 5.41) is 8.99. The fraction of sp³-hybridized carbons (Fsp3) is 0.889. The lowest BCUT2D eigenvalue weighted by Gasteiger charge is -2.39. The normalized spacial score (nSPS) is 28.1. The Morgan fingerprint density at radius 1 is 1.42 bits per heavy atom. The van der Waals surface area contributed by atoms with E-state index in [0.29, 0.717) is 11.8 Å². The van der Waals surface area contributed by atoms with E-state index < -0.39 is 5.97 Å². The Labute approximate surface area is 72.4 Å². The summed E-state index contributed by atoms with van der Waals surface area (Å²) in [6.07, 6.45) is 2.27. The Kier molecular flexibility index (Phi) is 1.83. The molecule has 0 bridgehead atoms. The van der Waals surface area contributed by atoms with Gasteiger partial charge in [-0.3, -0.25) is 4.79 Å². The molecule has 3 nitrogen and oxygen atoms in total. The number of carboxylic acids is 1. The Morgan fingerprint density at radius 3 is 2.33 bits per heavy atom. The Hall–Kier alpha value is -0.570. The van der Waals surface area contributed by atoms with Crippen LogP contribution in [-0.4, -0.2) is 36.1 Å². The number of carbonyl (C=O) groups is 1. The first-order valence-electron chi connectivity index (χ1n) is 4.60. The van der Waals surface area contributed by atoms with Crippen molar-refractivity contribution in [3.63, 3.8) is 0 Å². The number of aliphatic carboxylic acids is 1. The van der Waals surface area contributed by atoms with Crippen LogP contribution >= 0.6 is 0 Å². The topological polar surface area (TPSA) is 40.5 Å². The average Bonchev–Trinajstić information content (AvgIpc) is 2.67. The fourth-order valence-electron chi connectivity index (χ4n) is 2.22. The molecule has 0 spiro atoms. The highest BCUT2D eigenvalue weighted by atomic mass is 16.4. The molecule has 68 valence electrons. The lowest BCUT2D eigenvalue weighted by atomic mass is 9.83. The van der Waals surface area contributed by atoms with Crippen LogP contribution in [0.2, 0.25) is 0 Å². The van der Waals surface area contributed by atoms with Crippen molar-refractivity contribution in [1.29, 1.82) is 0 Å².